The van der Waals surface area contributed by atoms with Crippen LogP contribution in [0.5, 0.6) is 5.19 Å². The Kier molecular flexibility index (Phi) is 5.35. The quantitative estimate of drug-likeness (QED) is 0.519. The van der Waals surface area contributed by atoms with Crippen LogP contribution in [0.2, 0.25) is 0 Å². The zero-order valence-corrected chi connectivity index (χ0v) is 16.2. The highest BCUT2D eigenvalue weighted by molar-refractivity contribution is 7.20. The van der Waals surface area contributed by atoms with E-state index in [1.807, 2.05) is 0 Å². The number of carbonyl (C=O) groups is 1. The molecular weight excluding hydrogens is 427 g/mol. The van der Waals surface area contributed by atoms with E-state index in [0.717, 1.165) is 29.5 Å². The van der Waals surface area contributed by atoms with Gasteiger partial charge in [0.1, 0.15) is 17.4 Å². The number of likely N-dealkylation sites (tertiary alicyclic amines) is 1. The van der Waals surface area contributed by atoms with Gasteiger partial charge < -0.3 is 9.64 Å². The minimum atomic E-state index is -4.45. The van der Waals surface area contributed by atoms with Crippen molar-refractivity contribution in [2.45, 2.75) is 25.1 Å². The summed E-state index contributed by atoms with van der Waals surface area (Å²) in [6.45, 7) is 0.719. The molecule has 1 amide bonds. The second-order valence-electron chi connectivity index (χ2n) is 6.90. The summed E-state index contributed by atoms with van der Waals surface area (Å²) in [6.07, 6.45) is -3.74. The van der Waals surface area contributed by atoms with Crippen molar-refractivity contribution in [2.75, 3.05) is 13.1 Å². The van der Waals surface area contributed by atoms with Crippen LogP contribution in [-0.4, -0.2) is 35.0 Å². The molecule has 0 radical (unpaired) electrons. The lowest BCUT2D eigenvalue weighted by molar-refractivity contribution is -0.137. The molecule has 4 nitrogen and oxygen atoms in total. The number of nitrogens with zero attached hydrogens (tertiary/aromatic N) is 2. The number of piperidine rings is 1. The minimum absolute atomic E-state index is 0.0475. The SMILES string of the molecule is O=C(c1ccc(C(F)(F)F)cc1)N1CCC(Oc2nc3c(F)cc(F)cc3s2)CC1. The summed E-state index contributed by atoms with van der Waals surface area (Å²) >= 11 is 1.04. The standard InChI is InChI=1S/C20H15F5N2O2S/c21-13-9-15(22)17-16(10-13)30-19(26-17)29-14-5-7-27(8-6-14)18(28)11-1-3-12(4-2-11)20(23,24)25/h1-4,9-10,14H,5-8H2. The predicted molar refractivity (Wildman–Crippen MR) is 101 cm³/mol. The fraction of sp³-hybridized carbons (Fsp3) is 0.300. The van der Waals surface area contributed by atoms with Crippen LogP contribution in [0.25, 0.3) is 10.2 Å². The van der Waals surface area contributed by atoms with Gasteiger partial charge in [-0.2, -0.15) is 18.2 Å². The number of rotatable bonds is 3. The largest absolute Gasteiger partial charge is 0.467 e. The average Bonchev–Trinajstić information content (AvgIpc) is 3.10. The number of hydrogen-bond donors (Lipinski definition) is 0. The van der Waals surface area contributed by atoms with Gasteiger partial charge in [-0.3, -0.25) is 4.79 Å². The summed E-state index contributed by atoms with van der Waals surface area (Å²) in [6, 6.07) is 6.06. The number of carbonyl (C=O) groups excluding carboxylic acids is 1. The van der Waals surface area contributed by atoms with Gasteiger partial charge >= 0.3 is 6.18 Å². The smallest absolute Gasteiger partial charge is 0.416 e. The van der Waals surface area contributed by atoms with E-state index in [4.69, 9.17) is 4.74 Å². The molecule has 0 atom stereocenters. The van der Waals surface area contributed by atoms with Crippen molar-refractivity contribution < 1.29 is 31.5 Å². The third-order valence-electron chi connectivity index (χ3n) is 4.85. The van der Waals surface area contributed by atoms with Gasteiger partial charge in [0, 0.05) is 37.6 Å². The average molecular weight is 442 g/mol. The Hall–Kier alpha value is -2.75. The summed E-state index contributed by atoms with van der Waals surface area (Å²) in [7, 11) is 0. The van der Waals surface area contributed by atoms with Crippen LogP contribution in [0.4, 0.5) is 22.0 Å². The van der Waals surface area contributed by atoms with Gasteiger partial charge in [0.25, 0.3) is 11.1 Å². The Balaban J connectivity index is 1.37. The molecule has 0 bridgehead atoms. The Labute approximate surface area is 171 Å². The third-order valence-corrected chi connectivity index (χ3v) is 5.74. The summed E-state index contributed by atoms with van der Waals surface area (Å²) < 4.78 is 71.2. The number of ether oxygens (including phenoxy) is 1. The van der Waals surface area contributed by atoms with Gasteiger partial charge in [-0.15, -0.1) is 0 Å². The molecule has 30 heavy (non-hydrogen) atoms. The van der Waals surface area contributed by atoms with E-state index < -0.39 is 23.4 Å². The summed E-state index contributed by atoms with van der Waals surface area (Å²) in [5, 5.41) is 0.224. The van der Waals surface area contributed by atoms with Gasteiger partial charge in [0.05, 0.1) is 10.3 Å². The molecule has 1 fully saturated rings. The summed E-state index contributed by atoms with van der Waals surface area (Å²) in [4.78, 5) is 18.1. The Morgan fingerprint density at radius 2 is 1.77 bits per heavy atom. The number of benzene rings is 2. The normalized spacial score (nSPS) is 15.6. The van der Waals surface area contributed by atoms with E-state index in [2.05, 4.69) is 4.98 Å². The lowest BCUT2D eigenvalue weighted by Gasteiger charge is -2.31. The van der Waals surface area contributed by atoms with Crippen molar-refractivity contribution in [1.29, 1.82) is 0 Å². The van der Waals surface area contributed by atoms with Gasteiger partial charge in [0.2, 0.25) is 0 Å². The van der Waals surface area contributed by atoms with Crippen molar-refractivity contribution >= 4 is 27.5 Å². The van der Waals surface area contributed by atoms with Crippen LogP contribution in [0.15, 0.2) is 36.4 Å². The molecule has 0 saturated carbocycles. The first-order valence-electron chi connectivity index (χ1n) is 9.09. The fourth-order valence-electron chi connectivity index (χ4n) is 3.29. The van der Waals surface area contributed by atoms with Gasteiger partial charge in [-0.05, 0) is 30.3 Å². The number of hydrogen-bond acceptors (Lipinski definition) is 4. The molecule has 0 N–H and O–H groups in total. The molecule has 1 saturated heterocycles. The number of amides is 1. The first-order chi connectivity index (χ1) is 14.2. The number of thiazole rings is 1. The Bertz CT molecular complexity index is 1070. The molecule has 10 heteroatoms. The maximum atomic E-state index is 13.8. The van der Waals surface area contributed by atoms with Crippen LogP contribution < -0.4 is 4.74 Å². The number of fused-ring (bicyclic) bond motifs is 1. The second-order valence-corrected chi connectivity index (χ2v) is 7.89. The van der Waals surface area contributed by atoms with E-state index in [1.54, 1.807) is 4.90 Å². The molecule has 0 spiro atoms. The zero-order valence-electron chi connectivity index (χ0n) is 15.4. The lowest BCUT2D eigenvalue weighted by Crippen LogP contribution is -2.41. The first-order valence-corrected chi connectivity index (χ1v) is 9.91. The summed E-state index contributed by atoms with van der Waals surface area (Å²) in [5.41, 5.74) is -0.573. The van der Waals surface area contributed by atoms with E-state index in [1.165, 1.54) is 18.2 Å². The van der Waals surface area contributed by atoms with Crippen LogP contribution in [0.1, 0.15) is 28.8 Å². The topological polar surface area (TPSA) is 42.4 Å². The van der Waals surface area contributed by atoms with Crippen LogP contribution >= 0.6 is 11.3 Å². The van der Waals surface area contributed by atoms with Crippen LogP contribution in [0.3, 0.4) is 0 Å². The monoisotopic (exact) mass is 442 g/mol. The highest BCUT2D eigenvalue weighted by atomic mass is 32.1. The molecule has 1 aromatic heterocycles. The predicted octanol–water partition coefficient (Wildman–Crippen LogP) is 5.28. The third kappa shape index (κ3) is 4.23. The van der Waals surface area contributed by atoms with E-state index in [9.17, 15) is 26.7 Å². The number of alkyl halides is 3. The molecule has 1 aliphatic heterocycles. The van der Waals surface area contributed by atoms with Crippen molar-refractivity contribution in [3.05, 3.63) is 59.2 Å². The van der Waals surface area contributed by atoms with Gasteiger partial charge in [0.15, 0.2) is 5.82 Å². The second kappa shape index (κ2) is 7.82. The van der Waals surface area contributed by atoms with Crippen molar-refractivity contribution in [2.24, 2.45) is 0 Å². The maximum Gasteiger partial charge on any atom is 0.416 e. The van der Waals surface area contributed by atoms with Gasteiger partial charge in [-0.25, -0.2) is 8.78 Å². The van der Waals surface area contributed by atoms with E-state index in [-0.39, 0.29) is 28.3 Å². The molecular formula is C20H15F5N2O2S. The van der Waals surface area contributed by atoms with Gasteiger partial charge in [-0.1, -0.05) is 11.3 Å². The zero-order chi connectivity index (χ0) is 21.5. The molecule has 0 aliphatic carbocycles. The number of aromatic nitrogens is 1. The Morgan fingerprint density at radius 1 is 1.10 bits per heavy atom. The maximum absolute atomic E-state index is 13.8. The van der Waals surface area contributed by atoms with E-state index in [0.29, 0.717) is 30.6 Å². The molecule has 2 aromatic carbocycles. The highest BCUT2D eigenvalue weighted by Crippen LogP contribution is 2.32. The molecule has 158 valence electrons. The van der Waals surface area contributed by atoms with Crippen molar-refractivity contribution in [1.82, 2.24) is 9.88 Å². The van der Waals surface area contributed by atoms with Crippen molar-refractivity contribution in [3.63, 3.8) is 0 Å². The minimum Gasteiger partial charge on any atom is -0.467 e. The molecule has 0 unspecified atom stereocenters. The molecule has 3 aromatic rings. The van der Waals surface area contributed by atoms with Crippen LogP contribution in [-0.2, 0) is 6.18 Å². The van der Waals surface area contributed by atoms with E-state index >= 15 is 0 Å². The first kappa shape index (κ1) is 20.5. The Morgan fingerprint density at radius 3 is 2.40 bits per heavy atom. The molecule has 2 heterocycles. The van der Waals surface area contributed by atoms with Crippen LogP contribution in [0, 0.1) is 11.6 Å². The molecule has 4 rings (SSSR count). The fourth-order valence-corrected chi connectivity index (χ4v) is 4.21. The lowest BCUT2D eigenvalue weighted by atomic mass is 10.1. The highest BCUT2D eigenvalue weighted by Gasteiger charge is 2.31. The molecule has 1 aliphatic rings. The number of halogens is 5. The summed E-state index contributed by atoms with van der Waals surface area (Å²) in [5.74, 6) is -1.79. The van der Waals surface area contributed by atoms with Crippen molar-refractivity contribution in [3.8, 4) is 5.19 Å².